The Kier molecular flexibility index (Phi) is 5.40. The molecular formula is C26H21NO3. The highest BCUT2D eigenvalue weighted by Crippen LogP contribution is 2.30. The number of carbonyl (C=O) groups is 2. The van der Waals surface area contributed by atoms with Crippen molar-refractivity contribution in [3.8, 4) is 17.0 Å². The normalized spacial score (nSPS) is 10.7. The Balaban J connectivity index is 1.61. The molecule has 0 spiro atoms. The molecule has 0 aliphatic rings. The van der Waals surface area contributed by atoms with Crippen molar-refractivity contribution in [2.45, 2.75) is 20.3 Å². The number of aromatic nitrogens is 1. The van der Waals surface area contributed by atoms with Gasteiger partial charge in [-0.2, -0.15) is 0 Å². The van der Waals surface area contributed by atoms with Gasteiger partial charge in [-0.15, -0.1) is 0 Å². The second-order valence-corrected chi connectivity index (χ2v) is 7.09. The quantitative estimate of drug-likeness (QED) is 0.240. The maximum atomic E-state index is 12.7. The van der Waals surface area contributed by atoms with Crippen LogP contribution in [0, 0.1) is 0 Å². The second-order valence-electron chi connectivity index (χ2n) is 7.09. The van der Waals surface area contributed by atoms with Gasteiger partial charge in [0.05, 0.1) is 11.3 Å². The summed E-state index contributed by atoms with van der Waals surface area (Å²) in [6.07, 6.45) is 2.81. The Labute approximate surface area is 175 Å². The SMILES string of the molecule is CCc1ccc(-c2ccc(C(=O)Oc3cccc4cccc(C(C)=O)c34)cc2)nc1. The van der Waals surface area contributed by atoms with Crippen molar-refractivity contribution in [2.75, 3.05) is 0 Å². The number of esters is 1. The molecular weight excluding hydrogens is 374 g/mol. The van der Waals surface area contributed by atoms with Crippen molar-refractivity contribution < 1.29 is 14.3 Å². The number of aryl methyl sites for hydroxylation is 1. The highest BCUT2D eigenvalue weighted by molar-refractivity contribution is 6.10. The standard InChI is InChI=1S/C26H21NO3/c1-3-18-10-15-23(27-16-18)19-11-13-21(14-12-19)26(29)30-24-9-5-7-20-6-4-8-22(17(2)28)25(20)24/h4-16H,3H2,1-2H3. The third-order valence-corrected chi connectivity index (χ3v) is 5.10. The van der Waals surface area contributed by atoms with Gasteiger partial charge in [-0.1, -0.05) is 55.5 Å². The Bertz CT molecular complexity index is 1220. The Morgan fingerprint density at radius 1 is 0.900 bits per heavy atom. The summed E-state index contributed by atoms with van der Waals surface area (Å²) >= 11 is 0. The summed E-state index contributed by atoms with van der Waals surface area (Å²) in [5.74, 6) is -0.166. The Hall–Kier alpha value is -3.79. The molecule has 1 heterocycles. The first-order valence-electron chi connectivity index (χ1n) is 9.87. The monoisotopic (exact) mass is 395 g/mol. The minimum Gasteiger partial charge on any atom is -0.422 e. The summed E-state index contributed by atoms with van der Waals surface area (Å²) in [4.78, 5) is 29.3. The third-order valence-electron chi connectivity index (χ3n) is 5.10. The van der Waals surface area contributed by atoms with Gasteiger partial charge in [0.25, 0.3) is 0 Å². The number of carbonyl (C=O) groups excluding carboxylic acids is 2. The largest absolute Gasteiger partial charge is 0.422 e. The van der Waals surface area contributed by atoms with Crippen LogP contribution in [0.1, 0.15) is 40.1 Å². The first kappa shape index (κ1) is 19.5. The molecule has 0 unspecified atom stereocenters. The summed E-state index contributed by atoms with van der Waals surface area (Å²) < 4.78 is 5.67. The maximum Gasteiger partial charge on any atom is 0.343 e. The van der Waals surface area contributed by atoms with Crippen LogP contribution in [0.5, 0.6) is 5.75 Å². The van der Waals surface area contributed by atoms with E-state index in [1.54, 1.807) is 24.3 Å². The average Bonchev–Trinajstić information content (AvgIpc) is 2.79. The fraction of sp³-hybridized carbons (Fsp3) is 0.115. The van der Waals surface area contributed by atoms with Crippen molar-refractivity contribution in [2.24, 2.45) is 0 Å². The molecule has 3 aromatic carbocycles. The van der Waals surface area contributed by atoms with Crippen LogP contribution in [-0.2, 0) is 6.42 Å². The molecule has 30 heavy (non-hydrogen) atoms. The van der Waals surface area contributed by atoms with Gasteiger partial charge in [0.1, 0.15) is 5.75 Å². The fourth-order valence-electron chi connectivity index (χ4n) is 3.43. The zero-order chi connectivity index (χ0) is 21.1. The predicted octanol–water partition coefficient (Wildman–Crippen LogP) is 5.89. The molecule has 4 aromatic rings. The smallest absolute Gasteiger partial charge is 0.343 e. The molecule has 0 aliphatic carbocycles. The second kappa shape index (κ2) is 8.29. The summed E-state index contributed by atoms with van der Waals surface area (Å²) in [6, 6.07) is 22.1. The molecule has 148 valence electrons. The molecule has 0 saturated carbocycles. The van der Waals surface area contributed by atoms with Crippen LogP contribution in [0.4, 0.5) is 0 Å². The number of hydrogen-bond acceptors (Lipinski definition) is 4. The van der Waals surface area contributed by atoms with Crippen LogP contribution in [0.15, 0.2) is 79.0 Å². The minimum atomic E-state index is -0.471. The van der Waals surface area contributed by atoms with Crippen LogP contribution in [0.3, 0.4) is 0 Å². The van der Waals surface area contributed by atoms with E-state index in [0.717, 1.165) is 23.1 Å². The number of benzene rings is 3. The van der Waals surface area contributed by atoms with Crippen LogP contribution in [0.2, 0.25) is 0 Å². The highest BCUT2D eigenvalue weighted by Gasteiger charge is 2.15. The fourth-order valence-corrected chi connectivity index (χ4v) is 3.43. The van der Waals surface area contributed by atoms with Crippen molar-refractivity contribution in [3.05, 3.63) is 95.7 Å². The Morgan fingerprint density at radius 3 is 2.27 bits per heavy atom. The van der Waals surface area contributed by atoms with Crippen molar-refractivity contribution in [1.82, 2.24) is 4.98 Å². The average molecular weight is 395 g/mol. The molecule has 4 nitrogen and oxygen atoms in total. The van der Waals surface area contributed by atoms with E-state index in [-0.39, 0.29) is 5.78 Å². The molecule has 0 bridgehead atoms. The van der Waals surface area contributed by atoms with E-state index in [4.69, 9.17) is 4.74 Å². The topological polar surface area (TPSA) is 56.3 Å². The van der Waals surface area contributed by atoms with Gasteiger partial charge in [-0.25, -0.2) is 4.79 Å². The Morgan fingerprint density at radius 2 is 1.63 bits per heavy atom. The zero-order valence-electron chi connectivity index (χ0n) is 16.9. The lowest BCUT2D eigenvalue weighted by molar-refractivity contribution is 0.0736. The van der Waals surface area contributed by atoms with Crippen LogP contribution in [0.25, 0.3) is 22.0 Å². The number of pyridine rings is 1. The lowest BCUT2D eigenvalue weighted by Crippen LogP contribution is -2.09. The number of nitrogens with zero attached hydrogens (tertiary/aromatic N) is 1. The summed E-state index contributed by atoms with van der Waals surface area (Å²) in [6.45, 7) is 3.60. The van der Waals surface area contributed by atoms with Gasteiger partial charge < -0.3 is 4.74 Å². The van der Waals surface area contributed by atoms with Gasteiger partial charge in [0.15, 0.2) is 5.78 Å². The summed E-state index contributed by atoms with van der Waals surface area (Å²) in [5.41, 5.74) is 3.93. The maximum absolute atomic E-state index is 12.7. The van der Waals surface area contributed by atoms with Gasteiger partial charge in [0.2, 0.25) is 0 Å². The highest BCUT2D eigenvalue weighted by atomic mass is 16.5. The summed E-state index contributed by atoms with van der Waals surface area (Å²) in [5, 5.41) is 1.50. The molecule has 4 heteroatoms. The van der Waals surface area contributed by atoms with Gasteiger partial charge in [-0.3, -0.25) is 9.78 Å². The van der Waals surface area contributed by atoms with Gasteiger partial charge in [-0.05, 0) is 48.6 Å². The summed E-state index contributed by atoms with van der Waals surface area (Å²) in [7, 11) is 0. The van der Waals surface area contributed by atoms with Crippen LogP contribution < -0.4 is 4.74 Å². The number of rotatable bonds is 5. The molecule has 0 aliphatic heterocycles. The number of fused-ring (bicyclic) bond motifs is 1. The van der Waals surface area contributed by atoms with E-state index < -0.39 is 5.97 Å². The molecule has 0 radical (unpaired) electrons. The number of hydrogen-bond donors (Lipinski definition) is 0. The van der Waals surface area contributed by atoms with Gasteiger partial charge in [0, 0.05) is 22.7 Å². The molecule has 0 saturated heterocycles. The molecule has 0 fully saturated rings. The number of ether oxygens (including phenoxy) is 1. The van der Waals surface area contributed by atoms with Crippen molar-refractivity contribution in [3.63, 3.8) is 0 Å². The van der Waals surface area contributed by atoms with Crippen LogP contribution >= 0.6 is 0 Å². The van der Waals surface area contributed by atoms with E-state index in [9.17, 15) is 9.59 Å². The van der Waals surface area contributed by atoms with Gasteiger partial charge >= 0.3 is 5.97 Å². The first-order valence-corrected chi connectivity index (χ1v) is 9.87. The van der Waals surface area contributed by atoms with Crippen molar-refractivity contribution >= 4 is 22.5 Å². The van der Waals surface area contributed by atoms with E-state index in [1.165, 1.54) is 12.5 Å². The third kappa shape index (κ3) is 3.85. The predicted molar refractivity (Wildman–Crippen MR) is 118 cm³/mol. The molecule has 0 amide bonds. The van der Waals surface area contributed by atoms with Crippen molar-refractivity contribution in [1.29, 1.82) is 0 Å². The van der Waals surface area contributed by atoms with Crippen LogP contribution in [-0.4, -0.2) is 16.7 Å². The first-order chi connectivity index (χ1) is 14.6. The molecule has 0 N–H and O–H groups in total. The number of Topliss-reactive ketones (excluding diaryl/α,β-unsaturated/α-hetero) is 1. The number of ketones is 1. The lowest BCUT2D eigenvalue weighted by atomic mass is 10.0. The zero-order valence-corrected chi connectivity index (χ0v) is 16.9. The lowest BCUT2D eigenvalue weighted by Gasteiger charge is -2.11. The molecule has 4 rings (SSSR count). The molecule has 1 aromatic heterocycles. The van der Waals surface area contributed by atoms with E-state index in [0.29, 0.717) is 22.3 Å². The van der Waals surface area contributed by atoms with E-state index in [1.807, 2.05) is 48.7 Å². The minimum absolute atomic E-state index is 0.0740. The van der Waals surface area contributed by atoms with E-state index in [2.05, 4.69) is 18.0 Å². The molecule has 0 atom stereocenters. The van der Waals surface area contributed by atoms with E-state index >= 15 is 0 Å².